The maximum absolute atomic E-state index is 13.2. The molecule has 2 atom stereocenters. The van der Waals surface area contributed by atoms with E-state index in [4.69, 9.17) is 15.5 Å². The van der Waals surface area contributed by atoms with Crippen molar-refractivity contribution in [3.8, 4) is 5.75 Å². The lowest BCUT2D eigenvalue weighted by molar-refractivity contribution is -0.126. The summed E-state index contributed by atoms with van der Waals surface area (Å²) in [5.41, 5.74) is 8.30. The second-order valence-electron chi connectivity index (χ2n) is 10.5. The Balaban J connectivity index is 1.56. The second-order valence-corrected chi connectivity index (χ2v) is 12.7. The highest BCUT2D eigenvalue weighted by atomic mass is 32.2. The minimum absolute atomic E-state index is 0.0181. The minimum atomic E-state index is -3.15. The number of benzene rings is 1. The average molecular weight is 540 g/mol. The number of amides is 1. The van der Waals surface area contributed by atoms with E-state index in [2.05, 4.69) is 10.1 Å². The number of aliphatic imine (C=N–C) groups is 1. The van der Waals surface area contributed by atoms with Gasteiger partial charge in [0.1, 0.15) is 5.75 Å². The van der Waals surface area contributed by atoms with Gasteiger partial charge in [-0.05, 0) is 62.7 Å². The molecule has 3 N–H and O–H groups in total. The number of hydrogen-bond acceptors (Lipinski definition) is 7. The van der Waals surface area contributed by atoms with E-state index in [1.54, 1.807) is 19.1 Å². The van der Waals surface area contributed by atoms with Crippen LogP contribution in [0, 0.1) is 11.8 Å². The second kappa shape index (κ2) is 11.5. The first-order valence-corrected chi connectivity index (χ1v) is 14.5. The van der Waals surface area contributed by atoms with E-state index in [0.717, 1.165) is 24.1 Å². The molecule has 2 heterocycles. The number of alkyl halides is 2. The molecule has 1 aromatic carbocycles. The molecule has 11 heteroatoms. The number of hydrogen-bond donors (Lipinski definition) is 2. The predicted octanol–water partition coefficient (Wildman–Crippen LogP) is 3.32. The average Bonchev–Trinajstić information content (AvgIpc) is 3.14. The molecule has 0 unspecified atom stereocenters. The molecule has 8 nitrogen and oxygen atoms in total. The number of sulfone groups is 1. The molecule has 0 aromatic heterocycles. The van der Waals surface area contributed by atoms with E-state index in [-0.39, 0.29) is 29.1 Å². The Bertz CT molecular complexity index is 1160. The fraction of sp³-hybridized carbons (Fsp3) is 0.615. The largest absolute Gasteiger partial charge is 0.435 e. The molecule has 3 fully saturated rings. The monoisotopic (exact) mass is 539 g/mol. The molecule has 1 saturated carbocycles. The summed E-state index contributed by atoms with van der Waals surface area (Å²) >= 11 is 0. The number of halogens is 2. The molecule has 204 valence electrons. The number of allylic oxidation sites excluding steroid dienone is 1. The van der Waals surface area contributed by atoms with Crippen LogP contribution in [0.1, 0.15) is 51.0 Å². The lowest BCUT2D eigenvalue weighted by Gasteiger charge is -2.31. The van der Waals surface area contributed by atoms with Gasteiger partial charge in [0, 0.05) is 49.1 Å². The van der Waals surface area contributed by atoms with Gasteiger partial charge in [-0.1, -0.05) is 12.1 Å². The maximum Gasteiger partial charge on any atom is 0.387 e. The summed E-state index contributed by atoms with van der Waals surface area (Å²) in [4.78, 5) is 18.1. The zero-order valence-electron chi connectivity index (χ0n) is 21.0. The Morgan fingerprint density at radius 1 is 1.30 bits per heavy atom. The van der Waals surface area contributed by atoms with Crippen LogP contribution in [0.3, 0.4) is 0 Å². The first kappa shape index (κ1) is 27.5. The van der Waals surface area contributed by atoms with Crippen molar-refractivity contribution in [2.45, 2.75) is 57.6 Å². The third kappa shape index (κ3) is 7.28. The maximum atomic E-state index is 13.2. The van der Waals surface area contributed by atoms with Crippen LogP contribution in [-0.2, 0) is 19.4 Å². The Morgan fingerprint density at radius 3 is 2.73 bits per heavy atom. The molecule has 4 rings (SSSR count). The number of ether oxygens (including phenoxy) is 2. The molecule has 1 aromatic rings. The molecule has 1 amide bonds. The summed E-state index contributed by atoms with van der Waals surface area (Å²) in [6.45, 7) is 0.823. The molecule has 0 spiro atoms. The van der Waals surface area contributed by atoms with Gasteiger partial charge in [0.15, 0.2) is 9.84 Å². The van der Waals surface area contributed by atoms with E-state index in [0.29, 0.717) is 62.6 Å². The van der Waals surface area contributed by atoms with Crippen molar-refractivity contribution in [1.29, 1.82) is 0 Å². The molecule has 3 aliphatic rings. The van der Waals surface area contributed by atoms with Gasteiger partial charge in [-0.3, -0.25) is 9.79 Å². The van der Waals surface area contributed by atoms with Crippen LogP contribution in [-0.4, -0.2) is 63.5 Å². The van der Waals surface area contributed by atoms with Crippen LogP contribution in [0.2, 0.25) is 0 Å². The lowest BCUT2D eigenvalue weighted by Crippen LogP contribution is -2.50. The molecule has 0 radical (unpaired) electrons. The van der Waals surface area contributed by atoms with Crippen LogP contribution >= 0.6 is 0 Å². The topological polar surface area (TPSA) is 120 Å². The van der Waals surface area contributed by atoms with Crippen molar-refractivity contribution >= 4 is 27.2 Å². The van der Waals surface area contributed by atoms with Crippen LogP contribution in [0.4, 0.5) is 8.78 Å². The Hall–Kier alpha value is -2.53. The third-order valence-electron chi connectivity index (χ3n) is 7.41. The zero-order valence-corrected chi connectivity index (χ0v) is 21.9. The fourth-order valence-corrected chi connectivity index (χ4v) is 7.38. The number of nitrogens with two attached hydrogens (primary N) is 1. The first-order valence-electron chi connectivity index (χ1n) is 12.7. The SMILES string of the molecule is C[C@]1(NC(=O)[C@H]2CCC(=C(N)c3cccc(OC(F)F)c3)C(=NCC3CCOCC3)C2)CCS(=O)(=O)C1. The molecular formula is C26H35F2N3O5S. The van der Waals surface area contributed by atoms with Gasteiger partial charge in [-0.25, -0.2) is 8.42 Å². The molecule has 1 aliphatic carbocycles. The Kier molecular flexibility index (Phi) is 8.52. The van der Waals surface area contributed by atoms with Crippen molar-refractivity contribution in [2.24, 2.45) is 22.6 Å². The Labute approximate surface area is 216 Å². The minimum Gasteiger partial charge on any atom is -0.435 e. The summed E-state index contributed by atoms with van der Waals surface area (Å²) in [5, 5.41) is 2.98. The van der Waals surface area contributed by atoms with Crippen molar-refractivity contribution in [2.75, 3.05) is 31.3 Å². The highest BCUT2D eigenvalue weighted by Crippen LogP contribution is 2.33. The van der Waals surface area contributed by atoms with Crippen LogP contribution in [0.15, 0.2) is 34.8 Å². The van der Waals surface area contributed by atoms with Crippen molar-refractivity contribution in [1.82, 2.24) is 5.32 Å². The molecule has 0 bridgehead atoms. The zero-order chi connectivity index (χ0) is 26.6. The summed E-state index contributed by atoms with van der Waals surface area (Å²) in [6.07, 6.45) is 3.61. The molecule has 37 heavy (non-hydrogen) atoms. The van der Waals surface area contributed by atoms with E-state index in [1.165, 1.54) is 12.1 Å². The van der Waals surface area contributed by atoms with Crippen LogP contribution in [0.25, 0.3) is 5.70 Å². The number of nitrogens with one attached hydrogen (secondary N) is 1. The molecular weight excluding hydrogens is 504 g/mol. The summed E-state index contributed by atoms with van der Waals surface area (Å²) in [5.74, 6) is -0.128. The van der Waals surface area contributed by atoms with E-state index in [1.807, 2.05) is 0 Å². The fourth-order valence-electron chi connectivity index (χ4n) is 5.29. The number of rotatable bonds is 7. The van der Waals surface area contributed by atoms with Crippen molar-refractivity contribution in [3.63, 3.8) is 0 Å². The lowest BCUT2D eigenvalue weighted by atomic mass is 9.81. The third-order valence-corrected chi connectivity index (χ3v) is 9.31. The van der Waals surface area contributed by atoms with E-state index in [9.17, 15) is 22.0 Å². The van der Waals surface area contributed by atoms with Crippen LogP contribution in [0.5, 0.6) is 5.75 Å². The van der Waals surface area contributed by atoms with Gasteiger partial charge < -0.3 is 20.5 Å². The van der Waals surface area contributed by atoms with Gasteiger partial charge >= 0.3 is 6.61 Å². The van der Waals surface area contributed by atoms with E-state index < -0.39 is 22.0 Å². The van der Waals surface area contributed by atoms with E-state index >= 15 is 0 Å². The van der Waals surface area contributed by atoms with Gasteiger partial charge in [-0.15, -0.1) is 0 Å². The first-order chi connectivity index (χ1) is 17.5. The summed E-state index contributed by atoms with van der Waals surface area (Å²) in [6, 6.07) is 6.26. The normalized spacial score (nSPS) is 28.9. The summed E-state index contributed by atoms with van der Waals surface area (Å²) < 4.78 is 59.4. The summed E-state index contributed by atoms with van der Waals surface area (Å²) in [7, 11) is -3.15. The van der Waals surface area contributed by atoms with Gasteiger partial charge in [-0.2, -0.15) is 8.78 Å². The van der Waals surface area contributed by atoms with Crippen LogP contribution < -0.4 is 15.8 Å². The van der Waals surface area contributed by atoms with Gasteiger partial charge in [0.05, 0.1) is 17.0 Å². The molecule has 2 aliphatic heterocycles. The van der Waals surface area contributed by atoms with Crippen molar-refractivity contribution < 1.29 is 31.5 Å². The number of carbonyl (C=O) groups excluding carboxylic acids is 1. The highest BCUT2D eigenvalue weighted by Gasteiger charge is 2.41. The quantitative estimate of drug-likeness (QED) is 0.549. The van der Waals surface area contributed by atoms with Gasteiger partial charge in [0.2, 0.25) is 5.91 Å². The Morgan fingerprint density at radius 2 is 2.05 bits per heavy atom. The number of nitrogens with zero attached hydrogens (tertiary/aromatic N) is 1. The predicted molar refractivity (Wildman–Crippen MR) is 137 cm³/mol. The van der Waals surface area contributed by atoms with Gasteiger partial charge in [0.25, 0.3) is 0 Å². The smallest absolute Gasteiger partial charge is 0.387 e. The van der Waals surface area contributed by atoms with Crippen molar-refractivity contribution in [3.05, 3.63) is 35.4 Å². The standard InChI is InChI=1S/C26H35F2N3O5S/c1-26(9-12-37(33,34)16-26)31-24(32)19-5-6-21(22(14-19)30-15-17-7-10-35-11-8-17)23(29)18-3-2-4-20(13-18)36-25(27)28/h2-4,13,17,19,25H,5-12,14-16,29H2,1H3,(H,31,32)/t19-,26-/m0/s1. The molecule has 2 saturated heterocycles. The highest BCUT2D eigenvalue weighted by molar-refractivity contribution is 7.91. The number of carbonyl (C=O) groups is 1.